The van der Waals surface area contributed by atoms with Gasteiger partial charge in [-0.15, -0.1) is 0 Å². The van der Waals surface area contributed by atoms with Crippen LogP contribution in [-0.4, -0.2) is 47.7 Å². The SMILES string of the molecule is CC(C)N1CC(C)(C)CNC(=O)C1CCO. The summed E-state index contributed by atoms with van der Waals surface area (Å²) in [6.45, 7) is 10.2. The summed E-state index contributed by atoms with van der Waals surface area (Å²) in [5, 5.41) is 12.0. The molecule has 2 N–H and O–H groups in total. The fourth-order valence-electron chi connectivity index (χ4n) is 2.22. The highest BCUT2D eigenvalue weighted by molar-refractivity contribution is 5.82. The van der Waals surface area contributed by atoms with Crippen molar-refractivity contribution < 1.29 is 9.90 Å². The molecule has 1 fully saturated rings. The van der Waals surface area contributed by atoms with Crippen LogP contribution >= 0.6 is 0 Å². The van der Waals surface area contributed by atoms with Gasteiger partial charge < -0.3 is 10.4 Å². The quantitative estimate of drug-likeness (QED) is 0.744. The van der Waals surface area contributed by atoms with Gasteiger partial charge in [0.25, 0.3) is 0 Å². The van der Waals surface area contributed by atoms with Crippen molar-refractivity contribution in [2.75, 3.05) is 19.7 Å². The molecule has 0 spiro atoms. The van der Waals surface area contributed by atoms with Crippen molar-refractivity contribution in [3.05, 3.63) is 0 Å². The minimum atomic E-state index is -0.188. The maximum Gasteiger partial charge on any atom is 0.237 e. The zero-order valence-electron chi connectivity index (χ0n) is 10.8. The van der Waals surface area contributed by atoms with Crippen LogP contribution in [0.1, 0.15) is 34.1 Å². The molecule has 16 heavy (non-hydrogen) atoms. The van der Waals surface area contributed by atoms with E-state index >= 15 is 0 Å². The Morgan fingerprint density at radius 2 is 2.19 bits per heavy atom. The molecular weight excluding hydrogens is 204 g/mol. The lowest BCUT2D eigenvalue weighted by Gasteiger charge is -2.35. The van der Waals surface area contributed by atoms with Gasteiger partial charge in [0.1, 0.15) is 0 Å². The lowest BCUT2D eigenvalue weighted by Crippen LogP contribution is -2.48. The number of rotatable bonds is 3. The average Bonchev–Trinajstić information content (AvgIpc) is 2.29. The molecule has 1 atom stereocenters. The fourth-order valence-corrected chi connectivity index (χ4v) is 2.22. The van der Waals surface area contributed by atoms with Crippen molar-refractivity contribution in [3.63, 3.8) is 0 Å². The number of hydrogen-bond acceptors (Lipinski definition) is 3. The Morgan fingerprint density at radius 1 is 1.56 bits per heavy atom. The van der Waals surface area contributed by atoms with E-state index in [1.165, 1.54) is 0 Å². The predicted octanol–water partition coefficient (Wildman–Crippen LogP) is 0.604. The van der Waals surface area contributed by atoms with Crippen LogP contribution in [0.5, 0.6) is 0 Å². The van der Waals surface area contributed by atoms with E-state index in [1.54, 1.807) is 0 Å². The van der Waals surface area contributed by atoms with Gasteiger partial charge in [-0.3, -0.25) is 9.69 Å². The summed E-state index contributed by atoms with van der Waals surface area (Å²) < 4.78 is 0. The second kappa shape index (κ2) is 5.15. The van der Waals surface area contributed by atoms with Crippen LogP contribution in [0.3, 0.4) is 0 Å². The van der Waals surface area contributed by atoms with E-state index in [0.29, 0.717) is 19.0 Å². The Bertz CT molecular complexity index is 251. The van der Waals surface area contributed by atoms with E-state index in [0.717, 1.165) is 6.54 Å². The second-order valence-electron chi connectivity index (χ2n) is 5.68. The van der Waals surface area contributed by atoms with E-state index in [-0.39, 0.29) is 24.0 Å². The molecule has 1 heterocycles. The normalized spacial score (nSPS) is 26.6. The summed E-state index contributed by atoms with van der Waals surface area (Å²) in [6, 6.07) is 0.131. The summed E-state index contributed by atoms with van der Waals surface area (Å²) in [5.74, 6) is 0.0494. The van der Waals surface area contributed by atoms with Crippen LogP contribution in [0.25, 0.3) is 0 Å². The standard InChI is InChI=1S/C12H24N2O2/c1-9(2)14-8-12(3,4)7-13-11(16)10(14)5-6-15/h9-10,15H,5-8H2,1-4H3,(H,13,16). The molecule has 1 aliphatic rings. The molecule has 0 aromatic rings. The third kappa shape index (κ3) is 3.19. The Balaban J connectivity index is 2.88. The fraction of sp³-hybridized carbons (Fsp3) is 0.917. The second-order valence-corrected chi connectivity index (χ2v) is 5.68. The van der Waals surface area contributed by atoms with Gasteiger partial charge in [-0.25, -0.2) is 0 Å². The average molecular weight is 228 g/mol. The first-order valence-corrected chi connectivity index (χ1v) is 6.02. The minimum absolute atomic E-state index is 0.0494. The number of nitrogens with one attached hydrogen (secondary N) is 1. The zero-order chi connectivity index (χ0) is 12.3. The van der Waals surface area contributed by atoms with E-state index < -0.39 is 0 Å². The van der Waals surface area contributed by atoms with E-state index in [2.05, 4.69) is 37.9 Å². The number of nitrogens with zero attached hydrogens (tertiary/aromatic N) is 1. The van der Waals surface area contributed by atoms with Crippen molar-refractivity contribution in [1.82, 2.24) is 10.2 Å². The summed E-state index contributed by atoms with van der Waals surface area (Å²) in [6.07, 6.45) is 0.514. The maximum absolute atomic E-state index is 11.9. The molecular formula is C12H24N2O2. The highest BCUT2D eigenvalue weighted by Crippen LogP contribution is 2.23. The lowest BCUT2D eigenvalue weighted by atomic mass is 9.92. The van der Waals surface area contributed by atoms with Crippen molar-refractivity contribution >= 4 is 5.91 Å². The number of aliphatic hydroxyl groups excluding tert-OH is 1. The molecule has 0 bridgehead atoms. The third-order valence-corrected chi connectivity index (χ3v) is 3.12. The van der Waals surface area contributed by atoms with Gasteiger partial charge >= 0.3 is 0 Å². The van der Waals surface area contributed by atoms with Gasteiger partial charge in [-0.05, 0) is 25.7 Å². The van der Waals surface area contributed by atoms with E-state index in [1.807, 2.05) is 0 Å². The van der Waals surface area contributed by atoms with Gasteiger partial charge in [0, 0.05) is 25.7 Å². The maximum atomic E-state index is 11.9. The summed E-state index contributed by atoms with van der Waals surface area (Å²) in [4.78, 5) is 14.1. The summed E-state index contributed by atoms with van der Waals surface area (Å²) in [5.41, 5.74) is 0.0874. The Labute approximate surface area is 98.0 Å². The topological polar surface area (TPSA) is 52.6 Å². The lowest BCUT2D eigenvalue weighted by molar-refractivity contribution is -0.126. The number of hydrogen-bond donors (Lipinski definition) is 2. The molecule has 1 saturated heterocycles. The molecule has 0 aliphatic carbocycles. The molecule has 0 aromatic carbocycles. The number of amides is 1. The van der Waals surface area contributed by atoms with E-state index in [4.69, 9.17) is 5.11 Å². The molecule has 94 valence electrons. The predicted molar refractivity (Wildman–Crippen MR) is 64.1 cm³/mol. The molecule has 1 rings (SSSR count). The van der Waals surface area contributed by atoms with Crippen molar-refractivity contribution in [1.29, 1.82) is 0 Å². The third-order valence-electron chi connectivity index (χ3n) is 3.12. The zero-order valence-corrected chi connectivity index (χ0v) is 10.8. The Kier molecular flexibility index (Phi) is 4.33. The summed E-state index contributed by atoms with van der Waals surface area (Å²) >= 11 is 0. The Morgan fingerprint density at radius 3 is 2.69 bits per heavy atom. The smallest absolute Gasteiger partial charge is 0.237 e. The van der Waals surface area contributed by atoms with Crippen molar-refractivity contribution in [2.45, 2.75) is 46.2 Å². The van der Waals surface area contributed by atoms with Gasteiger partial charge in [0.15, 0.2) is 0 Å². The first-order chi connectivity index (χ1) is 7.37. The van der Waals surface area contributed by atoms with E-state index in [9.17, 15) is 4.79 Å². The molecule has 0 aromatic heterocycles. The van der Waals surface area contributed by atoms with Gasteiger partial charge in [0.05, 0.1) is 6.04 Å². The van der Waals surface area contributed by atoms with Crippen molar-refractivity contribution in [2.24, 2.45) is 5.41 Å². The molecule has 4 nitrogen and oxygen atoms in total. The number of carbonyl (C=O) groups is 1. The van der Waals surface area contributed by atoms with Crippen molar-refractivity contribution in [3.8, 4) is 0 Å². The first kappa shape index (κ1) is 13.5. The van der Waals surface area contributed by atoms with Crippen LogP contribution in [0, 0.1) is 5.41 Å². The molecule has 0 saturated carbocycles. The molecule has 4 heteroatoms. The van der Waals surface area contributed by atoms with Crippen LogP contribution in [0.15, 0.2) is 0 Å². The van der Waals surface area contributed by atoms with Crippen LogP contribution < -0.4 is 5.32 Å². The molecule has 1 aliphatic heterocycles. The number of aliphatic hydroxyl groups is 1. The van der Waals surface area contributed by atoms with Gasteiger partial charge in [-0.2, -0.15) is 0 Å². The highest BCUT2D eigenvalue weighted by Gasteiger charge is 2.35. The summed E-state index contributed by atoms with van der Waals surface area (Å²) in [7, 11) is 0. The molecule has 1 unspecified atom stereocenters. The van der Waals surface area contributed by atoms with Crippen LogP contribution in [-0.2, 0) is 4.79 Å². The minimum Gasteiger partial charge on any atom is -0.396 e. The number of carbonyl (C=O) groups excluding carboxylic acids is 1. The van der Waals surface area contributed by atoms with Crippen LogP contribution in [0.2, 0.25) is 0 Å². The molecule has 0 radical (unpaired) electrons. The first-order valence-electron chi connectivity index (χ1n) is 6.02. The van der Waals surface area contributed by atoms with Gasteiger partial charge in [0.2, 0.25) is 5.91 Å². The molecule has 1 amide bonds. The Hall–Kier alpha value is -0.610. The highest BCUT2D eigenvalue weighted by atomic mass is 16.3. The van der Waals surface area contributed by atoms with Crippen LogP contribution in [0.4, 0.5) is 0 Å². The monoisotopic (exact) mass is 228 g/mol. The largest absolute Gasteiger partial charge is 0.396 e. The van der Waals surface area contributed by atoms with Gasteiger partial charge in [-0.1, -0.05) is 13.8 Å².